The molecule has 28 heavy (non-hydrogen) atoms. The highest BCUT2D eigenvalue weighted by molar-refractivity contribution is 7.71. The minimum absolute atomic E-state index is 0.0122. The Morgan fingerprint density at radius 2 is 1.86 bits per heavy atom. The fraction of sp³-hybridized carbons (Fsp3) is 0. The number of carbonyl (C=O) groups excluding carboxylic acids is 1. The van der Waals surface area contributed by atoms with E-state index in [1.54, 1.807) is 36.4 Å². The molecule has 0 atom stereocenters. The highest BCUT2D eigenvalue weighted by Crippen LogP contribution is 2.23. The molecule has 138 valence electrons. The molecule has 4 aromatic rings. The van der Waals surface area contributed by atoms with Crippen molar-refractivity contribution in [3.63, 3.8) is 0 Å². The van der Waals surface area contributed by atoms with Crippen LogP contribution < -0.4 is 16.6 Å². The topological polar surface area (TPSA) is 142 Å². The number of benzene rings is 1. The van der Waals surface area contributed by atoms with Gasteiger partial charge in [0.25, 0.3) is 11.5 Å². The summed E-state index contributed by atoms with van der Waals surface area (Å²) in [6, 6.07) is 12.2. The summed E-state index contributed by atoms with van der Waals surface area (Å²) in [5, 5.41) is 2.68. The molecule has 0 spiro atoms. The summed E-state index contributed by atoms with van der Waals surface area (Å²) in [4.78, 5) is 43.0. The smallest absolute Gasteiger partial charge is 0.279 e. The third-order valence-electron chi connectivity index (χ3n) is 3.92. The van der Waals surface area contributed by atoms with E-state index in [2.05, 4.69) is 30.2 Å². The van der Waals surface area contributed by atoms with Crippen LogP contribution in [0, 0.1) is 4.77 Å². The molecule has 0 aliphatic carbocycles. The molecular formula is C18H13N7O2S. The van der Waals surface area contributed by atoms with Crippen molar-refractivity contribution in [2.75, 3.05) is 11.1 Å². The van der Waals surface area contributed by atoms with E-state index in [4.69, 9.17) is 18.0 Å². The molecular weight excluding hydrogens is 378 g/mol. The zero-order valence-corrected chi connectivity index (χ0v) is 15.1. The zero-order valence-electron chi connectivity index (χ0n) is 14.3. The van der Waals surface area contributed by atoms with E-state index in [0.717, 1.165) is 0 Å². The maximum Gasteiger partial charge on any atom is 0.279 e. The Labute approximate surface area is 162 Å². The Hall–Kier alpha value is -3.92. The van der Waals surface area contributed by atoms with E-state index in [0.29, 0.717) is 11.3 Å². The first-order valence-electron chi connectivity index (χ1n) is 8.14. The van der Waals surface area contributed by atoms with Crippen molar-refractivity contribution in [1.29, 1.82) is 0 Å². The Balaban J connectivity index is 1.92. The number of hydrogen-bond donors (Lipinski definition) is 4. The van der Waals surface area contributed by atoms with Gasteiger partial charge in [-0.05, 0) is 24.4 Å². The van der Waals surface area contributed by atoms with Gasteiger partial charge in [0.15, 0.2) is 21.6 Å². The molecule has 1 aromatic carbocycles. The standard InChI is InChI=1S/C18H13N7O2S/c19-14-10(7-4-8-20-14)21-16(26)12-11(9-5-2-1-3-6-9)22-13-15(23-12)24-18(28)25-17(13)27/h1-8H,(H2,19,20)(H,21,26)(H2,23,24,25,27,28). The second-order valence-electron chi connectivity index (χ2n) is 5.78. The second kappa shape index (κ2) is 7.00. The van der Waals surface area contributed by atoms with Crippen molar-refractivity contribution in [3.8, 4) is 11.3 Å². The number of fused-ring (bicyclic) bond motifs is 1. The van der Waals surface area contributed by atoms with Crippen LogP contribution in [-0.2, 0) is 0 Å². The van der Waals surface area contributed by atoms with Crippen LogP contribution in [0.4, 0.5) is 11.5 Å². The third-order valence-corrected chi connectivity index (χ3v) is 4.12. The summed E-state index contributed by atoms with van der Waals surface area (Å²) in [6.45, 7) is 0. The zero-order chi connectivity index (χ0) is 19.7. The lowest BCUT2D eigenvalue weighted by atomic mass is 10.1. The minimum Gasteiger partial charge on any atom is -0.382 e. The molecule has 0 aliphatic heterocycles. The summed E-state index contributed by atoms with van der Waals surface area (Å²) in [5.74, 6) is -0.380. The van der Waals surface area contributed by atoms with E-state index in [1.807, 2.05) is 6.07 Å². The molecule has 9 nitrogen and oxygen atoms in total. The van der Waals surface area contributed by atoms with E-state index < -0.39 is 11.5 Å². The number of aromatic amines is 2. The van der Waals surface area contributed by atoms with E-state index in [9.17, 15) is 9.59 Å². The SMILES string of the molecule is Nc1ncccc1NC(=O)c1nc2[nH]c(=S)[nH]c(=O)c2nc1-c1ccccc1. The number of aromatic nitrogens is 5. The lowest BCUT2D eigenvalue weighted by Gasteiger charge is -2.11. The largest absolute Gasteiger partial charge is 0.382 e. The van der Waals surface area contributed by atoms with Gasteiger partial charge in [-0.3, -0.25) is 14.6 Å². The quantitative estimate of drug-likeness (QED) is 0.392. The van der Waals surface area contributed by atoms with Crippen molar-refractivity contribution in [3.05, 3.63) is 69.5 Å². The van der Waals surface area contributed by atoms with Crippen LogP contribution in [0.2, 0.25) is 0 Å². The molecule has 10 heteroatoms. The van der Waals surface area contributed by atoms with Crippen LogP contribution in [0.5, 0.6) is 0 Å². The van der Waals surface area contributed by atoms with Gasteiger partial charge in [-0.25, -0.2) is 15.0 Å². The van der Waals surface area contributed by atoms with E-state index in [1.165, 1.54) is 6.20 Å². The molecule has 0 unspecified atom stereocenters. The number of H-pyrrole nitrogens is 2. The van der Waals surface area contributed by atoms with Crippen molar-refractivity contribution < 1.29 is 4.79 Å². The average Bonchev–Trinajstić information content (AvgIpc) is 2.69. The maximum atomic E-state index is 13.0. The number of hydrogen-bond acceptors (Lipinski definition) is 7. The van der Waals surface area contributed by atoms with Crippen LogP contribution >= 0.6 is 12.2 Å². The summed E-state index contributed by atoms with van der Waals surface area (Å²) in [7, 11) is 0. The predicted octanol–water partition coefficient (Wildman–Crippen LogP) is 2.27. The number of nitrogens with one attached hydrogen (secondary N) is 3. The van der Waals surface area contributed by atoms with Gasteiger partial charge in [0.2, 0.25) is 0 Å². The van der Waals surface area contributed by atoms with Crippen LogP contribution in [0.1, 0.15) is 10.5 Å². The monoisotopic (exact) mass is 391 g/mol. The normalized spacial score (nSPS) is 10.7. The summed E-state index contributed by atoms with van der Waals surface area (Å²) < 4.78 is 0.0853. The predicted molar refractivity (Wildman–Crippen MR) is 107 cm³/mol. The number of anilines is 2. The number of nitrogens with zero attached hydrogens (tertiary/aromatic N) is 3. The second-order valence-corrected chi connectivity index (χ2v) is 6.19. The Morgan fingerprint density at radius 1 is 1.07 bits per heavy atom. The van der Waals surface area contributed by atoms with Crippen LogP contribution in [-0.4, -0.2) is 30.8 Å². The van der Waals surface area contributed by atoms with Crippen LogP contribution in [0.15, 0.2) is 53.5 Å². The number of nitrogens with two attached hydrogens (primary N) is 1. The fourth-order valence-electron chi connectivity index (χ4n) is 2.64. The summed E-state index contributed by atoms with van der Waals surface area (Å²) in [5.41, 5.74) is 6.69. The number of pyridine rings is 1. The van der Waals surface area contributed by atoms with Crippen LogP contribution in [0.3, 0.4) is 0 Å². The number of rotatable bonds is 3. The number of carbonyl (C=O) groups is 1. The first-order valence-corrected chi connectivity index (χ1v) is 8.55. The fourth-order valence-corrected chi connectivity index (χ4v) is 2.83. The molecule has 0 saturated carbocycles. The molecule has 3 aromatic heterocycles. The molecule has 5 N–H and O–H groups in total. The molecule has 4 rings (SSSR count). The van der Waals surface area contributed by atoms with Gasteiger partial charge in [0.05, 0.1) is 5.69 Å². The van der Waals surface area contributed by atoms with Gasteiger partial charge in [-0.2, -0.15) is 0 Å². The Morgan fingerprint density at radius 3 is 2.61 bits per heavy atom. The molecule has 0 radical (unpaired) electrons. The molecule has 0 aliphatic rings. The third kappa shape index (κ3) is 3.23. The van der Waals surface area contributed by atoms with Crippen molar-refractivity contribution in [2.45, 2.75) is 0 Å². The lowest BCUT2D eigenvalue weighted by molar-refractivity contribution is 0.102. The molecule has 0 fully saturated rings. The highest BCUT2D eigenvalue weighted by atomic mass is 32.1. The van der Waals surface area contributed by atoms with Crippen molar-refractivity contribution in [1.82, 2.24) is 24.9 Å². The van der Waals surface area contributed by atoms with E-state index >= 15 is 0 Å². The van der Waals surface area contributed by atoms with E-state index in [-0.39, 0.29) is 33.1 Å². The number of amides is 1. The van der Waals surface area contributed by atoms with Gasteiger partial charge in [0, 0.05) is 11.8 Å². The average molecular weight is 391 g/mol. The Kier molecular flexibility index (Phi) is 4.38. The van der Waals surface area contributed by atoms with Gasteiger partial charge >= 0.3 is 0 Å². The minimum atomic E-state index is -0.549. The van der Waals surface area contributed by atoms with Crippen molar-refractivity contribution in [2.24, 2.45) is 0 Å². The highest BCUT2D eigenvalue weighted by Gasteiger charge is 2.20. The molecule has 3 heterocycles. The van der Waals surface area contributed by atoms with Gasteiger partial charge in [-0.1, -0.05) is 30.3 Å². The lowest BCUT2D eigenvalue weighted by Crippen LogP contribution is -2.19. The summed E-state index contributed by atoms with van der Waals surface area (Å²) in [6.07, 6.45) is 1.52. The van der Waals surface area contributed by atoms with Crippen LogP contribution in [0.25, 0.3) is 22.4 Å². The van der Waals surface area contributed by atoms with Crippen molar-refractivity contribution >= 4 is 40.8 Å². The first-order chi connectivity index (χ1) is 13.5. The molecule has 1 amide bonds. The molecule has 0 bridgehead atoms. The molecule has 0 saturated heterocycles. The first kappa shape index (κ1) is 17.5. The van der Waals surface area contributed by atoms with Gasteiger partial charge < -0.3 is 16.0 Å². The van der Waals surface area contributed by atoms with Gasteiger partial charge in [0.1, 0.15) is 11.5 Å². The maximum absolute atomic E-state index is 13.0. The summed E-state index contributed by atoms with van der Waals surface area (Å²) >= 11 is 4.98. The number of nitrogen functional groups attached to an aromatic ring is 1. The Bertz CT molecular complexity index is 1320. The van der Waals surface area contributed by atoms with Gasteiger partial charge in [-0.15, -0.1) is 0 Å².